The van der Waals surface area contributed by atoms with Crippen LogP contribution < -0.4 is 5.43 Å². The maximum absolute atomic E-state index is 6.04. The van der Waals surface area contributed by atoms with Crippen molar-refractivity contribution < 1.29 is 0 Å². The van der Waals surface area contributed by atoms with Gasteiger partial charge in [0.15, 0.2) is 5.82 Å². The predicted octanol–water partition coefficient (Wildman–Crippen LogP) is 4.84. The normalized spacial score (nSPS) is 11.6. The topological polar surface area (TPSA) is 37.3 Å². The van der Waals surface area contributed by atoms with E-state index in [1.807, 2.05) is 6.92 Å². The van der Waals surface area contributed by atoms with Crippen LogP contribution in [0.1, 0.15) is 23.6 Å². The first-order valence-corrected chi connectivity index (χ1v) is 6.92. The zero-order valence-electron chi connectivity index (χ0n) is 11.5. The lowest BCUT2D eigenvalue weighted by atomic mass is 10.0. The van der Waals surface area contributed by atoms with Crippen molar-refractivity contribution >= 4 is 34.7 Å². The molecule has 1 heterocycles. The van der Waals surface area contributed by atoms with E-state index in [4.69, 9.17) is 23.2 Å². The van der Waals surface area contributed by atoms with Crippen molar-refractivity contribution in [1.29, 1.82) is 0 Å². The van der Waals surface area contributed by atoms with Crippen molar-refractivity contribution in [2.75, 3.05) is 5.43 Å². The Kier molecular flexibility index (Phi) is 4.63. The summed E-state index contributed by atoms with van der Waals surface area (Å²) in [5.74, 6) is 0.487. The fourth-order valence-corrected chi connectivity index (χ4v) is 2.24. The molecule has 0 atom stereocenters. The van der Waals surface area contributed by atoms with Gasteiger partial charge < -0.3 is 0 Å². The second kappa shape index (κ2) is 6.25. The predicted molar refractivity (Wildman–Crippen MR) is 86.0 cm³/mol. The Balaban J connectivity index is 2.24. The molecule has 0 aliphatic rings. The number of pyridine rings is 1. The minimum atomic E-state index is 0.440. The van der Waals surface area contributed by atoms with Gasteiger partial charge in [0.1, 0.15) is 0 Å². The van der Waals surface area contributed by atoms with Gasteiger partial charge in [-0.3, -0.25) is 5.43 Å². The summed E-state index contributed by atoms with van der Waals surface area (Å²) < 4.78 is 0. The number of hydrogen-bond acceptors (Lipinski definition) is 3. The van der Waals surface area contributed by atoms with Crippen LogP contribution in [0.3, 0.4) is 0 Å². The third-order valence-electron chi connectivity index (χ3n) is 2.92. The van der Waals surface area contributed by atoms with Crippen LogP contribution >= 0.6 is 23.2 Å². The largest absolute Gasteiger partial charge is 0.260 e. The summed E-state index contributed by atoms with van der Waals surface area (Å²) in [6, 6.07) is 7.89. The lowest BCUT2D eigenvalue weighted by Gasteiger charge is -2.08. The minimum Gasteiger partial charge on any atom is -0.260 e. The molecule has 0 aliphatic carbocycles. The third kappa shape index (κ3) is 3.50. The molecule has 2 aromatic rings. The van der Waals surface area contributed by atoms with E-state index in [1.165, 1.54) is 17.3 Å². The van der Waals surface area contributed by atoms with Crippen molar-refractivity contribution in [3.8, 4) is 0 Å². The number of aryl methyl sites for hydroxylation is 2. The van der Waals surface area contributed by atoms with E-state index in [2.05, 4.69) is 47.6 Å². The summed E-state index contributed by atoms with van der Waals surface area (Å²) in [4.78, 5) is 4.10. The second-order valence-corrected chi connectivity index (χ2v) is 5.45. The number of anilines is 1. The number of nitrogens with zero attached hydrogens (tertiary/aromatic N) is 2. The number of benzene rings is 1. The summed E-state index contributed by atoms with van der Waals surface area (Å²) in [5, 5.41) is 5.27. The highest BCUT2D eigenvalue weighted by atomic mass is 35.5. The Morgan fingerprint density at radius 2 is 1.95 bits per heavy atom. The van der Waals surface area contributed by atoms with Crippen LogP contribution in [0.15, 0.2) is 35.6 Å². The van der Waals surface area contributed by atoms with Crippen molar-refractivity contribution in [2.45, 2.75) is 20.8 Å². The zero-order valence-corrected chi connectivity index (χ0v) is 13.0. The van der Waals surface area contributed by atoms with Gasteiger partial charge >= 0.3 is 0 Å². The van der Waals surface area contributed by atoms with Gasteiger partial charge in [0, 0.05) is 11.8 Å². The highest BCUT2D eigenvalue weighted by Crippen LogP contribution is 2.22. The van der Waals surface area contributed by atoms with Gasteiger partial charge in [-0.05, 0) is 38.5 Å². The van der Waals surface area contributed by atoms with E-state index in [0.29, 0.717) is 15.9 Å². The van der Waals surface area contributed by atoms with E-state index >= 15 is 0 Å². The van der Waals surface area contributed by atoms with Crippen LogP contribution in [-0.2, 0) is 0 Å². The minimum absolute atomic E-state index is 0.440. The fraction of sp³-hybridized carbons (Fsp3) is 0.200. The first kappa shape index (κ1) is 14.8. The number of nitrogens with one attached hydrogen (secondary N) is 1. The highest BCUT2D eigenvalue weighted by molar-refractivity contribution is 6.35. The summed E-state index contributed by atoms with van der Waals surface area (Å²) in [6.45, 7) is 6.06. The van der Waals surface area contributed by atoms with E-state index in [9.17, 15) is 0 Å². The second-order valence-electron chi connectivity index (χ2n) is 4.61. The molecule has 0 fully saturated rings. The maximum atomic E-state index is 6.04. The summed E-state index contributed by atoms with van der Waals surface area (Å²) in [7, 11) is 0. The molecule has 20 heavy (non-hydrogen) atoms. The quantitative estimate of drug-likeness (QED) is 0.650. The Bertz CT molecular complexity index is 666. The SMILES string of the molecule is C/C(=N/Nc1ncc(Cl)cc1Cl)c1cc(C)ccc1C. The molecule has 1 aromatic heterocycles. The number of aromatic nitrogens is 1. The van der Waals surface area contributed by atoms with E-state index < -0.39 is 0 Å². The molecule has 0 radical (unpaired) electrons. The maximum Gasteiger partial charge on any atom is 0.165 e. The lowest BCUT2D eigenvalue weighted by Crippen LogP contribution is -2.03. The lowest BCUT2D eigenvalue weighted by molar-refractivity contribution is 1.21. The molecule has 0 aliphatic heterocycles. The highest BCUT2D eigenvalue weighted by Gasteiger charge is 2.05. The Morgan fingerprint density at radius 1 is 1.20 bits per heavy atom. The molecular formula is C15H15Cl2N3. The first-order valence-electron chi connectivity index (χ1n) is 6.16. The molecule has 1 aromatic carbocycles. The number of rotatable bonds is 3. The van der Waals surface area contributed by atoms with E-state index in [1.54, 1.807) is 6.07 Å². The van der Waals surface area contributed by atoms with Crippen LogP contribution in [0.2, 0.25) is 10.0 Å². The first-order chi connectivity index (χ1) is 9.47. The summed E-state index contributed by atoms with van der Waals surface area (Å²) in [6.07, 6.45) is 1.53. The van der Waals surface area contributed by atoms with Crippen LogP contribution in [0.5, 0.6) is 0 Å². The molecule has 5 heteroatoms. The number of hydrogen-bond donors (Lipinski definition) is 1. The molecule has 2 rings (SSSR count). The Labute approximate surface area is 128 Å². The van der Waals surface area contributed by atoms with Gasteiger partial charge in [0.25, 0.3) is 0 Å². The molecule has 0 saturated carbocycles. The van der Waals surface area contributed by atoms with E-state index in [-0.39, 0.29) is 0 Å². The average molecular weight is 308 g/mol. The van der Waals surface area contributed by atoms with Crippen molar-refractivity contribution in [2.24, 2.45) is 5.10 Å². The standard InChI is InChI=1S/C15H15Cl2N3/c1-9-4-5-10(2)13(6-9)11(3)19-20-15-14(17)7-12(16)8-18-15/h4-8H,1-3H3,(H,18,20)/b19-11-. The van der Waals surface area contributed by atoms with E-state index in [0.717, 1.165) is 11.3 Å². The molecule has 1 N–H and O–H groups in total. The van der Waals surface area contributed by atoms with Gasteiger partial charge in [-0.25, -0.2) is 4.98 Å². The van der Waals surface area contributed by atoms with Crippen LogP contribution in [-0.4, -0.2) is 10.7 Å². The molecule has 0 saturated heterocycles. The smallest absolute Gasteiger partial charge is 0.165 e. The fourth-order valence-electron chi connectivity index (χ4n) is 1.82. The molecule has 0 amide bonds. The summed E-state index contributed by atoms with van der Waals surface area (Å²) >= 11 is 11.8. The van der Waals surface area contributed by atoms with Crippen molar-refractivity contribution in [1.82, 2.24) is 4.98 Å². The summed E-state index contributed by atoms with van der Waals surface area (Å²) in [5.41, 5.74) is 7.22. The van der Waals surface area contributed by atoms with Gasteiger partial charge in [-0.15, -0.1) is 0 Å². The molecule has 3 nitrogen and oxygen atoms in total. The zero-order chi connectivity index (χ0) is 14.7. The average Bonchev–Trinajstić information content (AvgIpc) is 2.40. The van der Waals surface area contributed by atoms with Gasteiger partial charge in [0.05, 0.1) is 15.8 Å². The van der Waals surface area contributed by atoms with Gasteiger partial charge in [-0.1, -0.05) is 40.9 Å². The van der Waals surface area contributed by atoms with Crippen molar-refractivity contribution in [3.05, 3.63) is 57.2 Å². The third-order valence-corrected chi connectivity index (χ3v) is 3.41. The number of halogens is 2. The van der Waals surface area contributed by atoms with Crippen molar-refractivity contribution in [3.63, 3.8) is 0 Å². The molecular weight excluding hydrogens is 293 g/mol. The molecule has 0 spiro atoms. The van der Waals surface area contributed by atoms with Gasteiger partial charge in [0.2, 0.25) is 0 Å². The number of hydrazone groups is 1. The van der Waals surface area contributed by atoms with Crippen LogP contribution in [0, 0.1) is 13.8 Å². The molecule has 104 valence electrons. The monoisotopic (exact) mass is 307 g/mol. The molecule has 0 unspecified atom stereocenters. The Morgan fingerprint density at radius 3 is 2.65 bits per heavy atom. The molecule has 0 bridgehead atoms. The van der Waals surface area contributed by atoms with Crippen LogP contribution in [0.25, 0.3) is 0 Å². The van der Waals surface area contributed by atoms with Gasteiger partial charge in [-0.2, -0.15) is 5.10 Å². The Hall–Kier alpha value is -1.58. The van der Waals surface area contributed by atoms with Crippen LogP contribution in [0.4, 0.5) is 5.82 Å².